The molecule has 0 N–H and O–H groups in total. The molecule has 0 amide bonds. The van der Waals surface area contributed by atoms with E-state index in [0.29, 0.717) is 18.9 Å². The van der Waals surface area contributed by atoms with E-state index in [1.165, 1.54) is 19.3 Å². The van der Waals surface area contributed by atoms with E-state index >= 15 is 0 Å². The average molecular weight is 196 g/mol. The summed E-state index contributed by atoms with van der Waals surface area (Å²) in [7, 11) is 0. The van der Waals surface area contributed by atoms with Gasteiger partial charge in [0, 0.05) is 6.42 Å². The van der Waals surface area contributed by atoms with Crippen LogP contribution in [0.2, 0.25) is 0 Å². The number of rotatable bonds is 3. The van der Waals surface area contributed by atoms with E-state index in [1.807, 2.05) is 6.92 Å². The van der Waals surface area contributed by atoms with Gasteiger partial charge >= 0.3 is 5.97 Å². The van der Waals surface area contributed by atoms with Crippen molar-refractivity contribution >= 4 is 5.97 Å². The minimum Gasteiger partial charge on any atom is -0.466 e. The van der Waals surface area contributed by atoms with Crippen LogP contribution in [0.1, 0.15) is 45.4 Å². The summed E-state index contributed by atoms with van der Waals surface area (Å²) in [5.41, 5.74) is 0. The van der Waals surface area contributed by atoms with E-state index in [2.05, 4.69) is 12.2 Å². The second kappa shape index (κ2) is 6.63. The molecule has 1 atom stereocenters. The Kier molecular flexibility index (Phi) is 5.35. The van der Waals surface area contributed by atoms with Crippen molar-refractivity contribution in [3.8, 4) is 0 Å². The molecule has 0 aromatic carbocycles. The number of carbonyl (C=O) groups excluding carboxylic acids is 1. The molecule has 0 fully saturated rings. The van der Waals surface area contributed by atoms with Crippen molar-refractivity contribution in [2.24, 2.45) is 5.92 Å². The smallest absolute Gasteiger partial charge is 0.306 e. The van der Waals surface area contributed by atoms with Gasteiger partial charge in [0.05, 0.1) is 6.61 Å². The lowest BCUT2D eigenvalue weighted by Crippen LogP contribution is -2.12. The van der Waals surface area contributed by atoms with Gasteiger partial charge in [0.15, 0.2) is 0 Å². The highest BCUT2D eigenvalue weighted by Crippen LogP contribution is 2.22. The second-order valence-electron chi connectivity index (χ2n) is 3.85. The zero-order valence-electron chi connectivity index (χ0n) is 9.00. The van der Waals surface area contributed by atoms with Crippen molar-refractivity contribution in [1.82, 2.24) is 0 Å². The first-order valence-corrected chi connectivity index (χ1v) is 5.63. The fourth-order valence-electron chi connectivity index (χ4n) is 1.90. The van der Waals surface area contributed by atoms with Gasteiger partial charge in [-0.15, -0.1) is 0 Å². The van der Waals surface area contributed by atoms with Crippen LogP contribution in [0.3, 0.4) is 0 Å². The molecule has 0 aliphatic heterocycles. The number of hydrogen-bond acceptors (Lipinski definition) is 2. The van der Waals surface area contributed by atoms with Gasteiger partial charge < -0.3 is 4.74 Å². The molecule has 0 radical (unpaired) electrons. The molecular weight excluding hydrogens is 176 g/mol. The van der Waals surface area contributed by atoms with Crippen molar-refractivity contribution in [2.75, 3.05) is 6.61 Å². The molecule has 0 heterocycles. The Morgan fingerprint density at radius 1 is 1.36 bits per heavy atom. The molecule has 14 heavy (non-hydrogen) atoms. The summed E-state index contributed by atoms with van der Waals surface area (Å²) in [6, 6.07) is 0. The van der Waals surface area contributed by atoms with Crippen LogP contribution < -0.4 is 0 Å². The number of allylic oxidation sites excluding steroid dienone is 2. The van der Waals surface area contributed by atoms with E-state index in [9.17, 15) is 4.79 Å². The first-order valence-electron chi connectivity index (χ1n) is 5.63. The molecule has 0 aromatic heterocycles. The summed E-state index contributed by atoms with van der Waals surface area (Å²) >= 11 is 0. The van der Waals surface area contributed by atoms with Crippen molar-refractivity contribution < 1.29 is 9.53 Å². The summed E-state index contributed by atoms with van der Waals surface area (Å²) in [5, 5.41) is 0. The van der Waals surface area contributed by atoms with Crippen LogP contribution in [-0.4, -0.2) is 12.6 Å². The van der Waals surface area contributed by atoms with E-state index in [0.717, 1.165) is 12.8 Å². The highest BCUT2D eigenvalue weighted by Gasteiger charge is 2.14. The van der Waals surface area contributed by atoms with Crippen LogP contribution in [0.5, 0.6) is 0 Å². The van der Waals surface area contributed by atoms with Crippen LogP contribution in [-0.2, 0) is 9.53 Å². The topological polar surface area (TPSA) is 26.3 Å². The van der Waals surface area contributed by atoms with Crippen LogP contribution in [0.25, 0.3) is 0 Å². The molecule has 1 unspecified atom stereocenters. The summed E-state index contributed by atoms with van der Waals surface area (Å²) in [4.78, 5) is 11.3. The summed E-state index contributed by atoms with van der Waals surface area (Å²) in [5.74, 6) is 0.515. The average Bonchev–Trinajstić information content (AvgIpc) is 2.10. The lowest BCUT2D eigenvalue weighted by molar-refractivity contribution is -0.144. The molecule has 0 saturated heterocycles. The molecule has 80 valence electrons. The minimum absolute atomic E-state index is 0.0259. The summed E-state index contributed by atoms with van der Waals surface area (Å²) in [6.45, 7) is 2.37. The zero-order chi connectivity index (χ0) is 10.2. The van der Waals surface area contributed by atoms with Gasteiger partial charge in [-0.3, -0.25) is 4.79 Å². The van der Waals surface area contributed by atoms with Crippen molar-refractivity contribution in [3.05, 3.63) is 12.2 Å². The number of ether oxygens (including phenoxy) is 1. The molecule has 0 aromatic rings. The van der Waals surface area contributed by atoms with Crippen molar-refractivity contribution in [3.63, 3.8) is 0 Å². The maximum Gasteiger partial charge on any atom is 0.306 e. The minimum atomic E-state index is -0.0259. The Labute approximate surface area is 86.3 Å². The third-order valence-electron chi connectivity index (χ3n) is 2.65. The molecule has 2 heteroatoms. The number of hydrogen-bond donors (Lipinski definition) is 0. The normalized spacial score (nSPS) is 22.5. The van der Waals surface area contributed by atoms with Crippen molar-refractivity contribution in [1.29, 1.82) is 0 Å². The van der Waals surface area contributed by atoms with Gasteiger partial charge in [-0.2, -0.15) is 0 Å². The fourth-order valence-corrected chi connectivity index (χ4v) is 1.90. The monoisotopic (exact) mass is 196 g/mol. The van der Waals surface area contributed by atoms with E-state index in [4.69, 9.17) is 4.74 Å². The predicted octanol–water partition coefficient (Wildman–Crippen LogP) is 3.08. The highest BCUT2D eigenvalue weighted by atomic mass is 16.5. The Bertz CT molecular complexity index is 196. The van der Waals surface area contributed by atoms with E-state index < -0.39 is 0 Å². The molecule has 0 spiro atoms. The molecule has 1 aliphatic carbocycles. The van der Waals surface area contributed by atoms with Gasteiger partial charge in [-0.1, -0.05) is 12.2 Å². The summed E-state index contributed by atoms with van der Waals surface area (Å²) in [6.07, 6.45) is 10.9. The molecule has 1 aliphatic rings. The number of esters is 1. The lowest BCUT2D eigenvalue weighted by atomic mass is 9.91. The highest BCUT2D eigenvalue weighted by molar-refractivity contribution is 5.69. The maximum atomic E-state index is 11.3. The third kappa shape index (κ3) is 4.45. The molecule has 0 saturated carbocycles. The standard InChI is InChI=1S/C12H20O2/c1-2-14-12(13)10-11-8-6-4-3-5-7-9-11/h3-4,11H,2,5-10H2,1H3. The first-order chi connectivity index (χ1) is 6.83. The quantitative estimate of drug-likeness (QED) is 0.512. The Morgan fingerprint density at radius 3 is 2.93 bits per heavy atom. The van der Waals surface area contributed by atoms with E-state index in [1.54, 1.807) is 0 Å². The van der Waals surface area contributed by atoms with Crippen LogP contribution in [0.4, 0.5) is 0 Å². The van der Waals surface area contributed by atoms with Gasteiger partial charge in [-0.25, -0.2) is 0 Å². The lowest BCUT2D eigenvalue weighted by Gasteiger charge is -2.16. The van der Waals surface area contributed by atoms with E-state index in [-0.39, 0.29) is 5.97 Å². The Morgan fingerprint density at radius 2 is 2.14 bits per heavy atom. The second-order valence-corrected chi connectivity index (χ2v) is 3.85. The van der Waals surface area contributed by atoms with Gasteiger partial charge in [0.2, 0.25) is 0 Å². The van der Waals surface area contributed by atoms with Crippen molar-refractivity contribution in [2.45, 2.75) is 45.4 Å². The SMILES string of the molecule is CCOC(=O)CC1CCC=CCCC1. The Balaban J connectivity index is 2.27. The van der Waals surface area contributed by atoms with Gasteiger partial charge in [-0.05, 0) is 44.9 Å². The molecule has 0 bridgehead atoms. The Hall–Kier alpha value is -0.790. The molecular formula is C12H20O2. The van der Waals surface area contributed by atoms with Crippen LogP contribution in [0, 0.1) is 5.92 Å². The van der Waals surface area contributed by atoms with Crippen LogP contribution in [0.15, 0.2) is 12.2 Å². The predicted molar refractivity (Wildman–Crippen MR) is 57.0 cm³/mol. The molecule has 2 nitrogen and oxygen atoms in total. The first kappa shape index (κ1) is 11.3. The number of carbonyl (C=O) groups is 1. The maximum absolute atomic E-state index is 11.3. The van der Waals surface area contributed by atoms with Gasteiger partial charge in [0.1, 0.15) is 0 Å². The van der Waals surface area contributed by atoms with Crippen LogP contribution >= 0.6 is 0 Å². The molecule has 1 rings (SSSR count). The largest absolute Gasteiger partial charge is 0.466 e. The van der Waals surface area contributed by atoms with Gasteiger partial charge in [0.25, 0.3) is 0 Å². The fraction of sp³-hybridized carbons (Fsp3) is 0.750. The third-order valence-corrected chi connectivity index (χ3v) is 2.65. The summed E-state index contributed by atoms with van der Waals surface area (Å²) < 4.78 is 4.96. The zero-order valence-corrected chi connectivity index (χ0v) is 9.00.